The highest BCUT2D eigenvalue weighted by Gasteiger charge is 2.48. The number of fused-ring (bicyclic) bond motifs is 2. The van der Waals surface area contributed by atoms with E-state index in [1.165, 1.54) is 10.6 Å². The van der Waals surface area contributed by atoms with E-state index in [2.05, 4.69) is 10.6 Å². The van der Waals surface area contributed by atoms with Gasteiger partial charge in [-0.3, -0.25) is 13.9 Å². The predicted molar refractivity (Wildman–Crippen MR) is 166 cm³/mol. The summed E-state index contributed by atoms with van der Waals surface area (Å²) in [4.78, 5) is 41.6. The minimum absolute atomic E-state index is 0.196. The number of nitrogens with zero attached hydrogens (tertiary/aromatic N) is 2. The molecular formula is C32H44N4O6S. The summed E-state index contributed by atoms with van der Waals surface area (Å²) in [6.45, 7) is 9.58. The van der Waals surface area contributed by atoms with E-state index in [1.807, 2.05) is 54.6 Å². The molecule has 3 amide bonds. The Morgan fingerprint density at radius 1 is 0.953 bits per heavy atom. The van der Waals surface area contributed by atoms with Crippen LogP contribution in [0.5, 0.6) is 0 Å². The Labute approximate surface area is 255 Å². The Kier molecular flexibility index (Phi) is 9.16. The maximum absolute atomic E-state index is 14.0. The first-order chi connectivity index (χ1) is 20.0. The van der Waals surface area contributed by atoms with Crippen LogP contribution in [0.15, 0.2) is 54.6 Å². The van der Waals surface area contributed by atoms with Crippen LogP contribution in [0.4, 0.5) is 10.5 Å². The highest BCUT2D eigenvalue weighted by Crippen LogP contribution is 2.47. The Hall–Kier alpha value is -3.60. The summed E-state index contributed by atoms with van der Waals surface area (Å²) in [6, 6.07) is 16.5. The Bertz CT molecular complexity index is 1440. The number of para-hydroxylation sites is 1. The van der Waals surface area contributed by atoms with Gasteiger partial charge in [0, 0.05) is 25.0 Å². The van der Waals surface area contributed by atoms with E-state index in [4.69, 9.17) is 4.74 Å². The highest BCUT2D eigenvalue weighted by molar-refractivity contribution is 7.92. The number of likely N-dealkylation sites (tertiary alicyclic amines) is 1. The molecule has 0 saturated carbocycles. The van der Waals surface area contributed by atoms with Gasteiger partial charge >= 0.3 is 6.09 Å². The Balaban J connectivity index is 1.49. The summed E-state index contributed by atoms with van der Waals surface area (Å²) in [5, 5.41) is 5.53. The molecule has 2 aromatic carbocycles. The minimum atomic E-state index is -3.45. The number of aryl methyl sites for hydroxylation is 1. The van der Waals surface area contributed by atoms with Gasteiger partial charge in [-0.25, -0.2) is 13.2 Å². The lowest BCUT2D eigenvalue weighted by atomic mass is 9.74. The molecule has 2 aromatic rings. The molecule has 234 valence electrons. The molecule has 11 heteroatoms. The third-order valence-corrected chi connectivity index (χ3v) is 9.30. The van der Waals surface area contributed by atoms with Crippen LogP contribution in [-0.4, -0.2) is 74.3 Å². The summed E-state index contributed by atoms with van der Waals surface area (Å²) in [5.41, 5.74) is 0.311. The molecule has 2 aliphatic heterocycles. The Morgan fingerprint density at radius 3 is 2.16 bits per heavy atom. The van der Waals surface area contributed by atoms with Crippen LogP contribution in [0.3, 0.4) is 0 Å². The zero-order chi connectivity index (χ0) is 31.6. The van der Waals surface area contributed by atoms with Crippen molar-refractivity contribution in [2.75, 3.05) is 30.2 Å². The average Bonchev–Trinajstić information content (AvgIpc) is 3.24. The smallest absolute Gasteiger partial charge is 0.408 e. The van der Waals surface area contributed by atoms with E-state index < -0.39 is 39.2 Å². The number of ether oxygens (including phenoxy) is 1. The van der Waals surface area contributed by atoms with E-state index in [9.17, 15) is 22.8 Å². The molecule has 43 heavy (non-hydrogen) atoms. The van der Waals surface area contributed by atoms with Crippen LogP contribution in [0.2, 0.25) is 0 Å². The zero-order valence-corrected chi connectivity index (χ0v) is 26.8. The fraction of sp³-hybridized carbons (Fsp3) is 0.531. The number of nitrogens with one attached hydrogen (secondary N) is 2. The largest absolute Gasteiger partial charge is 0.444 e. The van der Waals surface area contributed by atoms with E-state index in [-0.39, 0.29) is 11.3 Å². The standard InChI is InChI=1S/C32H44N4O6S/c1-30(2,3)42-29(39)34-31(4,5)28(38)33-25(17-16-23-12-8-7-9-13-23)27(37)35-20-18-32(19-21-35)22-36(43(6,40)41)26-15-11-10-14-24(26)32/h7-15,25H,16-22H2,1-6H3,(H,33,38)(H,34,39)/t25-/m1/s1. The van der Waals surface area contributed by atoms with Gasteiger partial charge in [0.2, 0.25) is 21.8 Å². The molecule has 0 aromatic heterocycles. The van der Waals surface area contributed by atoms with Gasteiger partial charge in [-0.15, -0.1) is 0 Å². The number of alkyl carbamates (subject to hydrolysis) is 1. The van der Waals surface area contributed by atoms with Crippen LogP contribution in [0.25, 0.3) is 0 Å². The summed E-state index contributed by atoms with van der Waals surface area (Å²) < 4.78 is 32.0. The van der Waals surface area contributed by atoms with Crippen molar-refractivity contribution in [3.8, 4) is 0 Å². The van der Waals surface area contributed by atoms with Crippen LogP contribution >= 0.6 is 0 Å². The molecule has 0 aliphatic carbocycles. The van der Waals surface area contributed by atoms with Crippen molar-refractivity contribution < 1.29 is 27.5 Å². The zero-order valence-electron chi connectivity index (χ0n) is 26.0. The van der Waals surface area contributed by atoms with Gasteiger partial charge in [0.1, 0.15) is 17.2 Å². The number of carbonyl (C=O) groups excluding carboxylic acids is 3. The molecule has 1 atom stereocenters. The van der Waals surface area contributed by atoms with Crippen LogP contribution in [-0.2, 0) is 36.2 Å². The molecule has 0 unspecified atom stereocenters. The van der Waals surface area contributed by atoms with E-state index in [1.54, 1.807) is 39.5 Å². The van der Waals surface area contributed by atoms with E-state index in [0.717, 1.165) is 11.1 Å². The van der Waals surface area contributed by atoms with Crippen molar-refractivity contribution in [3.05, 3.63) is 65.7 Å². The van der Waals surface area contributed by atoms with Crippen molar-refractivity contribution in [2.45, 2.75) is 82.9 Å². The van der Waals surface area contributed by atoms with Gasteiger partial charge in [0.15, 0.2) is 0 Å². The number of carbonyl (C=O) groups is 3. The molecule has 2 aliphatic rings. The SMILES string of the molecule is CC(C)(C)OC(=O)NC(C)(C)C(=O)N[C@H](CCc1ccccc1)C(=O)N1CCC2(CC1)CN(S(C)(=O)=O)c1ccccc12. The van der Waals surface area contributed by atoms with Gasteiger partial charge in [0.25, 0.3) is 0 Å². The summed E-state index contributed by atoms with van der Waals surface area (Å²) in [6.07, 6.45) is 2.66. The highest BCUT2D eigenvalue weighted by atomic mass is 32.2. The van der Waals surface area contributed by atoms with Crippen molar-refractivity contribution in [1.82, 2.24) is 15.5 Å². The molecule has 1 saturated heterocycles. The molecule has 2 heterocycles. The lowest BCUT2D eigenvalue weighted by Crippen LogP contribution is -2.60. The third kappa shape index (κ3) is 7.68. The molecule has 0 radical (unpaired) electrons. The summed E-state index contributed by atoms with van der Waals surface area (Å²) >= 11 is 0. The van der Waals surface area contributed by atoms with Gasteiger partial charge in [-0.2, -0.15) is 0 Å². The van der Waals surface area contributed by atoms with E-state index >= 15 is 0 Å². The topological polar surface area (TPSA) is 125 Å². The molecule has 10 nitrogen and oxygen atoms in total. The number of piperidine rings is 1. The Morgan fingerprint density at radius 2 is 1.56 bits per heavy atom. The average molecular weight is 613 g/mol. The van der Waals surface area contributed by atoms with Crippen molar-refractivity contribution in [3.63, 3.8) is 0 Å². The monoisotopic (exact) mass is 612 g/mol. The number of rotatable bonds is 8. The minimum Gasteiger partial charge on any atom is -0.444 e. The maximum Gasteiger partial charge on any atom is 0.408 e. The fourth-order valence-corrected chi connectivity index (χ4v) is 6.85. The number of anilines is 1. The third-order valence-electron chi connectivity index (χ3n) is 8.17. The van der Waals surface area contributed by atoms with Crippen molar-refractivity contribution in [2.24, 2.45) is 0 Å². The number of sulfonamides is 1. The number of hydrogen-bond acceptors (Lipinski definition) is 6. The molecule has 1 spiro atoms. The van der Waals surface area contributed by atoms with Gasteiger partial charge in [-0.1, -0.05) is 48.5 Å². The number of benzene rings is 2. The molecule has 0 bridgehead atoms. The molecule has 1 fully saturated rings. The van der Waals surface area contributed by atoms with Crippen molar-refractivity contribution >= 4 is 33.6 Å². The second kappa shape index (κ2) is 12.2. The fourth-order valence-electron chi connectivity index (χ4n) is 5.85. The first-order valence-corrected chi connectivity index (χ1v) is 16.6. The summed E-state index contributed by atoms with van der Waals surface area (Å²) in [7, 11) is -3.45. The second-order valence-corrected chi connectivity index (χ2v) is 15.1. The van der Waals surface area contributed by atoms with Gasteiger partial charge in [-0.05, 0) is 77.5 Å². The molecule has 2 N–H and O–H groups in total. The first-order valence-electron chi connectivity index (χ1n) is 14.7. The van der Waals surface area contributed by atoms with Crippen LogP contribution in [0.1, 0.15) is 65.0 Å². The van der Waals surface area contributed by atoms with Gasteiger partial charge < -0.3 is 20.3 Å². The van der Waals surface area contributed by atoms with Gasteiger partial charge in [0.05, 0.1) is 11.9 Å². The number of amides is 3. The number of hydrogen-bond donors (Lipinski definition) is 2. The normalized spacial score (nSPS) is 17.3. The second-order valence-electron chi connectivity index (χ2n) is 13.2. The lowest BCUT2D eigenvalue weighted by molar-refractivity contribution is -0.139. The molecule has 4 rings (SSSR count). The van der Waals surface area contributed by atoms with Crippen molar-refractivity contribution in [1.29, 1.82) is 0 Å². The molecular weight excluding hydrogens is 568 g/mol. The first kappa shape index (κ1) is 32.3. The van der Waals surface area contributed by atoms with E-state index in [0.29, 0.717) is 51.0 Å². The quantitative estimate of drug-likeness (QED) is 0.468. The lowest BCUT2D eigenvalue weighted by Gasteiger charge is -2.41. The summed E-state index contributed by atoms with van der Waals surface area (Å²) in [5.74, 6) is -0.690. The maximum atomic E-state index is 14.0. The van der Waals surface area contributed by atoms with Crippen LogP contribution < -0.4 is 14.9 Å². The van der Waals surface area contributed by atoms with Crippen LogP contribution in [0, 0.1) is 0 Å². The predicted octanol–water partition coefficient (Wildman–Crippen LogP) is 3.75.